The van der Waals surface area contributed by atoms with Crippen molar-refractivity contribution < 1.29 is 18.7 Å². The lowest BCUT2D eigenvalue weighted by Gasteiger charge is -2.17. The van der Waals surface area contributed by atoms with Crippen molar-refractivity contribution in [1.29, 1.82) is 0 Å². The molecule has 0 aliphatic heterocycles. The minimum Gasteiger partial charge on any atom is -0.490 e. The van der Waals surface area contributed by atoms with Crippen LogP contribution in [-0.4, -0.2) is 24.5 Å². The molecular formula is C27H26ClFN2O3S. The number of benzene rings is 3. The zero-order valence-corrected chi connectivity index (χ0v) is 20.9. The van der Waals surface area contributed by atoms with Crippen molar-refractivity contribution in [3.63, 3.8) is 0 Å². The van der Waals surface area contributed by atoms with Crippen LogP contribution in [0.2, 0.25) is 5.02 Å². The molecule has 0 bridgehead atoms. The highest BCUT2D eigenvalue weighted by atomic mass is 35.5. The van der Waals surface area contributed by atoms with Gasteiger partial charge in [0, 0.05) is 15.5 Å². The standard InChI is InChI=1S/C27H26ClFN2O3S/c1-3-5-21-14-20(16-30-31-26(32)18-35-24-12-8-22(28)9-13-24)15-25(33-4-2)27(21)34-17-19-6-10-23(29)11-7-19/h3,6-16H,1,4-5,17-18H2,2H3,(H,31,32)/b30-16-. The molecule has 0 radical (unpaired) electrons. The molecule has 0 heterocycles. The molecule has 0 aromatic heterocycles. The van der Waals surface area contributed by atoms with Gasteiger partial charge in [-0.3, -0.25) is 4.79 Å². The van der Waals surface area contributed by atoms with Gasteiger partial charge in [-0.15, -0.1) is 18.3 Å². The van der Waals surface area contributed by atoms with E-state index < -0.39 is 0 Å². The normalized spacial score (nSPS) is 10.8. The molecule has 0 fully saturated rings. The summed E-state index contributed by atoms with van der Waals surface area (Å²) in [6, 6.07) is 17.1. The van der Waals surface area contributed by atoms with Gasteiger partial charge in [-0.2, -0.15) is 5.10 Å². The molecular weight excluding hydrogens is 487 g/mol. The van der Waals surface area contributed by atoms with Gasteiger partial charge in [0.1, 0.15) is 12.4 Å². The second kappa shape index (κ2) is 13.6. The number of thioether (sulfide) groups is 1. The highest BCUT2D eigenvalue weighted by molar-refractivity contribution is 8.00. The van der Waals surface area contributed by atoms with E-state index >= 15 is 0 Å². The third-order valence-electron chi connectivity index (χ3n) is 4.70. The second-order valence-electron chi connectivity index (χ2n) is 7.38. The first-order valence-corrected chi connectivity index (χ1v) is 12.3. The number of ether oxygens (including phenoxy) is 2. The summed E-state index contributed by atoms with van der Waals surface area (Å²) in [6.07, 6.45) is 3.88. The Morgan fingerprint density at radius 2 is 1.89 bits per heavy atom. The lowest BCUT2D eigenvalue weighted by Crippen LogP contribution is -2.19. The monoisotopic (exact) mass is 512 g/mol. The van der Waals surface area contributed by atoms with Gasteiger partial charge in [0.05, 0.1) is 18.6 Å². The minimum absolute atomic E-state index is 0.223. The van der Waals surface area contributed by atoms with Gasteiger partial charge in [-0.05, 0) is 73.0 Å². The van der Waals surface area contributed by atoms with Gasteiger partial charge < -0.3 is 9.47 Å². The Labute approximate surface area is 214 Å². The van der Waals surface area contributed by atoms with Gasteiger partial charge in [0.2, 0.25) is 5.91 Å². The van der Waals surface area contributed by atoms with Crippen LogP contribution in [0, 0.1) is 5.82 Å². The van der Waals surface area contributed by atoms with Crippen LogP contribution in [0.1, 0.15) is 23.6 Å². The van der Waals surface area contributed by atoms with Gasteiger partial charge in [-0.1, -0.05) is 29.8 Å². The third-order valence-corrected chi connectivity index (χ3v) is 5.97. The van der Waals surface area contributed by atoms with E-state index in [1.165, 1.54) is 23.9 Å². The summed E-state index contributed by atoms with van der Waals surface area (Å²) in [7, 11) is 0. The number of hydrogen-bond acceptors (Lipinski definition) is 5. The molecule has 8 heteroatoms. The number of hydrogen-bond donors (Lipinski definition) is 1. The summed E-state index contributed by atoms with van der Waals surface area (Å²) in [4.78, 5) is 13.1. The smallest absolute Gasteiger partial charge is 0.250 e. The van der Waals surface area contributed by atoms with E-state index in [0.29, 0.717) is 29.5 Å². The first-order chi connectivity index (χ1) is 17.0. The molecule has 0 saturated heterocycles. The quantitative estimate of drug-likeness (QED) is 0.131. The number of rotatable bonds is 12. The Hall–Kier alpha value is -3.29. The molecule has 1 N–H and O–H groups in total. The Morgan fingerprint density at radius 1 is 1.14 bits per heavy atom. The Bertz CT molecular complexity index is 1170. The molecule has 0 aliphatic carbocycles. The van der Waals surface area contributed by atoms with Crippen LogP contribution in [0.15, 0.2) is 83.3 Å². The van der Waals surface area contributed by atoms with E-state index in [2.05, 4.69) is 17.1 Å². The zero-order valence-electron chi connectivity index (χ0n) is 19.3. The van der Waals surface area contributed by atoms with Gasteiger partial charge in [-0.25, -0.2) is 9.82 Å². The van der Waals surface area contributed by atoms with Crippen LogP contribution in [0.3, 0.4) is 0 Å². The first-order valence-electron chi connectivity index (χ1n) is 11.0. The minimum atomic E-state index is -0.296. The van der Waals surface area contributed by atoms with E-state index in [1.54, 1.807) is 42.6 Å². The first kappa shape index (κ1) is 26.3. The highest BCUT2D eigenvalue weighted by Gasteiger charge is 2.13. The fraction of sp³-hybridized carbons (Fsp3) is 0.185. The lowest BCUT2D eigenvalue weighted by atomic mass is 10.1. The molecule has 0 aliphatic rings. The molecule has 3 aromatic rings. The molecule has 0 saturated carbocycles. The van der Waals surface area contributed by atoms with E-state index in [4.69, 9.17) is 21.1 Å². The van der Waals surface area contributed by atoms with Gasteiger partial charge >= 0.3 is 0 Å². The fourth-order valence-electron chi connectivity index (χ4n) is 3.12. The van der Waals surface area contributed by atoms with Crippen LogP contribution in [-0.2, 0) is 17.8 Å². The molecule has 35 heavy (non-hydrogen) atoms. The third kappa shape index (κ3) is 8.46. The zero-order chi connectivity index (χ0) is 25.0. The molecule has 182 valence electrons. The van der Waals surface area contributed by atoms with Crippen molar-refractivity contribution in [2.75, 3.05) is 12.4 Å². The van der Waals surface area contributed by atoms with Crippen molar-refractivity contribution in [2.24, 2.45) is 5.10 Å². The summed E-state index contributed by atoms with van der Waals surface area (Å²) in [5.74, 6) is 0.852. The summed E-state index contributed by atoms with van der Waals surface area (Å²) in [5.41, 5.74) is 4.98. The van der Waals surface area contributed by atoms with Crippen LogP contribution < -0.4 is 14.9 Å². The van der Waals surface area contributed by atoms with E-state index in [9.17, 15) is 9.18 Å². The topological polar surface area (TPSA) is 59.9 Å². The Balaban J connectivity index is 1.68. The number of amides is 1. The fourth-order valence-corrected chi connectivity index (χ4v) is 3.94. The molecule has 3 aromatic carbocycles. The average Bonchev–Trinajstić information content (AvgIpc) is 2.85. The van der Waals surface area contributed by atoms with Crippen LogP contribution in [0.25, 0.3) is 0 Å². The molecule has 3 rings (SSSR count). The second-order valence-corrected chi connectivity index (χ2v) is 8.87. The number of carbonyl (C=O) groups is 1. The number of nitrogens with one attached hydrogen (secondary N) is 1. The summed E-state index contributed by atoms with van der Waals surface area (Å²) < 4.78 is 25.1. The molecule has 1 amide bonds. The highest BCUT2D eigenvalue weighted by Crippen LogP contribution is 2.34. The average molecular weight is 513 g/mol. The summed E-state index contributed by atoms with van der Waals surface area (Å²) in [5, 5.41) is 4.74. The SMILES string of the molecule is C=CCc1cc(/C=N\NC(=O)CSc2ccc(Cl)cc2)cc(OCC)c1OCc1ccc(F)cc1. The van der Waals surface area contributed by atoms with Crippen molar-refractivity contribution >= 4 is 35.5 Å². The van der Waals surface area contributed by atoms with Crippen LogP contribution >= 0.6 is 23.4 Å². The van der Waals surface area contributed by atoms with Crippen LogP contribution in [0.4, 0.5) is 4.39 Å². The molecule has 0 unspecified atom stereocenters. The van der Waals surface area contributed by atoms with Crippen molar-refractivity contribution in [3.8, 4) is 11.5 Å². The van der Waals surface area contributed by atoms with Crippen molar-refractivity contribution in [1.82, 2.24) is 5.43 Å². The maximum atomic E-state index is 13.2. The van der Waals surface area contributed by atoms with Crippen molar-refractivity contribution in [2.45, 2.75) is 24.8 Å². The lowest BCUT2D eigenvalue weighted by molar-refractivity contribution is -0.118. The molecule has 0 atom stereocenters. The van der Waals surface area contributed by atoms with Crippen LogP contribution in [0.5, 0.6) is 11.5 Å². The molecule has 0 spiro atoms. The van der Waals surface area contributed by atoms with E-state index in [1.807, 2.05) is 25.1 Å². The molecule has 5 nitrogen and oxygen atoms in total. The Kier molecular flexibility index (Phi) is 10.2. The van der Waals surface area contributed by atoms with Gasteiger partial charge in [0.15, 0.2) is 11.5 Å². The number of hydrazone groups is 1. The maximum Gasteiger partial charge on any atom is 0.250 e. The summed E-state index contributed by atoms with van der Waals surface area (Å²) in [6.45, 7) is 6.42. The predicted molar refractivity (Wildman–Crippen MR) is 140 cm³/mol. The predicted octanol–water partition coefficient (Wildman–Crippen LogP) is 6.43. The number of allylic oxidation sites excluding steroid dienone is 1. The number of nitrogens with zero attached hydrogens (tertiary/aromatic N) is 1. The van der Waals surface area contributed by atoms with Crippen molar-refractivity contribution in [3.05, 3.63) is 101 Å². The largest absolute Gasteiger partial charge is 0.490 e. The van der Waals surface area contributed by atoms with Gasteiger partial charge in [0.25, 0.3) is 0 Å². The Morgan fingerprint density at radius 3 is 2.57 bits per heavy atom. The maximum absolute atomic E-state index is 13.2. The van der Waals surface area contributed by atoms with E-state index in [-0.39, 0.29) is 24.1 Å². The number of carbonyl (C=O) groups excluding carboxylic acids is 1. The van der Waals surface area contributed by atoms with E-state index in [0.717, 1.165) is 21.6 Å². The number of halogens is 2. The summed E-state index contributed by atoms with van der Waals surface area (Å²) >= 11 is 7.28.